The van der Waals surface area contributed by atoms with Gasteiger partial charge < -0.3 is 14.8 Å². The van der Waals surface area contributed by atoms with Crippen LogP contribution in [0.3, 0.4) is 0 Å². The van der Waals surface area contributed by atoms with Crippen LogP contribution in [0, 0.1) is 0 Å². The van der Waals surface area contributed by atoms with Crippen molar-refractivity contribution in [3.05, 3.63) is 30.9 Å². The van der Waals surface area contributed by atoms with E-state index in [9.17, 15) is 0 Å². The maximum absolute atomic E-state index is 6.02. The third kappa shape index (κ3) is 2.85. The van der Waals surface area contributed by atoms with Gasteiger partial charge in [-0.15, -0.1) is 0 Å². The smallest absolute Gasteiger partial charge is 0.240 e. The number of hydrogen-bond acceptors (Lipinski definition) is 6. The van der Waals surface area contributed by atoms with Gasteiger partial charge in [0.1, 0.15) is 17.7 Å². The number of fused-ring (bicyclic) bond motifs is 1. The Bertz CT molecular complexity index is 849. The van der Waals surface area contributed by atoms with Crippen LogP contribution in [0.5, 0.6) is 5.88 Å². The number of morpholine rings is 1. The van der Waals surface area contributed by atoms with Gasteiger partial charge in [-0.3, -0.25) is 4.68 Å². The van der Waals surface area contributed by atoms with Gasteiger partial charge in [0, 0.05) is 31.9 Å². The second-order valence-corrected chi connectivity index (χ2v) is 6.26. The van der Waals surface area contributed by atoms with E-state index in [1.165, 1.54) is 0 Å². The molecule has 0 spiro atoms. The largest absolute Gasteiger partial charge is 0.473 e. The van der Waals surface area contributed by atoms with Gasteiger partial charge in [-0.2, -0.15) is 10.2 Å². The highest BCUT2D eigenvalue weighted by Gasteiger charge is 2.29. The molecule has 0 amide bonds. The fourth-order valence-corrected chi connectivity index (χ4v) is 2.78. The molecule has 0 radical (unpaired) electrons. The van der Waals surface area contributed by atoms with E-state index in [4.69, 9.17) is 9.47 Å². The number of rotatable bonds is 4. The topological polar surface area (TPSA) is 78.5 Å². The van der Waals surface area contributed by atoms with Crippen molar-refractivity contribution >= 4 is 5.52 Å². The molecule has 8 heteroatoms. The first-order valence-electron chi connectivity index (χ1n) is 7.94. The molecule has 0 bridgehead atoms. The number of nitrogens with zero attached hydrogens (tertiary/aromatic N) is 5. The van der Waals surface area contributed by atoms with Crippen LogP contribution in [-0.2, 0) is 11.8 Å². The lowest BCUT2D eigenvalue weighted by molar-refractivity contribution is -0.0777. The molecule has 0 unspecified atom stereocenters. The molecule has 4 heterocycles. The number of ether oxygens (including phenoxy) is 2. The Morgan fingerprint density at radius 2 is 2.29 bits per heavy atom. The molecule has 1 atom stereocenters. The fourth-order valence-electron chi connectivity index (χ4n) is 2.78. The average molecular weight is 328 g/mol. The summed E-state index contributed by atoms with van der Waals surface area (Å²) in [6.45, 7) is 4.77. The molecule has 8 nitrogen and oxygen atoms in total. The summed E-state index contributed by atoms with van der Waals surface area (Å²) in [6.07, 6.45) is 7.30. The number of aromatic nitrogens is 5. The molecular formula is C16H20N6O2. The van der Waals surface area contributed by atoms with Crippen LogP contribution in [0.4, 0.5) is 0 Å². The molecule has 3 aromatic heterocycles. The van der Waals surface area contributed by atoms with Gasteiger partial charge in [-0.1, -0.05) is 0 Å². The predicted octanol–water partition coefficient (Wildman–Crippen LogP) is 0.887. The van der Waals surface area contributed by atoms with E-state index in [0.29, 0.717) is 19.1 Å². The lowest BCUT2D eigenvalue weighted by atomic mass is 10.1. The summed E-state index contributed by atoms with van der Waals surface area (Å²) >= 11 is 0. The van der Waals surface area contributed by atoms with Crippen LogP contribution in [0.25, 0.3) is 16.8 Å². The molecule has 0 aromatic carbocycles. The molecule has 1 fully saturated rings. The summed E-state index contributed by atoms with van der Waals surface area (Å²) in [7, 11) is 1.88. The second kappa shape index (κ2) is 5.88. The Morgan fingerprint density at radius 3 is 3.04 bits per heavy atom. The summed E-state index contributed by atoms with van der Waals surface area (Å²) in [6, 6.07) is 1.89. The first kappa shape index (κ1) is 15.1. The van der Waals surface area contributed by atoms with Crippen molar-refractivity contribution in [2.24, 2.45) is 7.05 Å². The molecule has 24 heavy (non-hydrogen) atoms. The van der Waals surface area contributed by atoms with E-state index in [1.807, 2.05) is 32.4 Å². The maximum Gasteiger partial charge on any atom is 0.240 e. The average Bonchev–Trinajstić information content (AvgIpc) is 3.22. The van der Waals surface area contributed by atoms with Crippen LogP contribution in [0.15, 0.2) is 30.9 Å². The zero-order valence-electron chi connectivity index (χ0n) is 13.8. The van der Waals surface area contributed by atoms with Gasteiger partial charge in [0.05, 0.1) is 30.9 Å². The van der Waals surface area contributed by atoms with Crippen molar-refractivity contribution in [2.75, 3.05) is 26.3 Å². The minimum absolute atomic E-state index is 0.360. The van der Waals surface area contributed by atoms with Gasteiger partial charge in [-0.05, 0) is 13.0 Å². The molecule has 126 valence electrons. The fraction of sp³-hybridized carbons (Fsp3) is 0.438. The van der Waals surface area contributed by atoms with Gasteiger partial charge in [0.25, 0.3) is 0 Å². The Balaban J connectivity index is 1.65. The Hall–Kier alpha value is -2.45. The van der Waals surface area contributed by atoms with E-state index < -0.39 is 0 Å². The van der Waals surface area contributed by atoms with Gasteiger partial charge in [0.2, 0.25) is 5.88 Å². The molecular weight excluding hydrogens is 308 g/mol. The highest BCUT2D eigenvalue weighted by Crippen LogP contribution is 2.25. The van der Waals surface area contributed by atoms with Crippen LogP contribution >= 0.6 is 0 Å². The second-order valence-electron chi connectivity index (χ2n) is 6.26. The van der Waals surface area contributed by atoms with Crippen LogP contribution in [0.1, 0.15) is 6.92 Å². The number of hydrogen-bond donors (Lipinski definition) is 1. The standard InChI is InChI=1S/C16H20N6O2/c1-16(10-17-5-6-24-16)11-23-15-14-3-4-18-22(14)9-13(20-15)12-7-19-21(2)8-12/h3-4,7-9,17H,5-6,10-11H2,1-2H3/t16-/m1/s1. The van der Waals surface area contributed by atoms with Crippen molar-refractivity contribution in [2.45, 2.75) is 12.5 Å². The summed E-state index contributed by atoms with van der Waals surface area (Å²) in [5.41, 5.74) is 2.15. The van der Waals surface area contributed by atoms with E-state index in [2.05, 4.69) is 20.5 Å². The monoisotopic (exact) mass is 328 g/mol. The number of nitrogens with one attached hydrogen (secondary N) is 1. The van der Waals surface area contributed by atoms with Crippen molar-refractivity contribution in [1.29, 1.82) is 0 Å². The first-order chi connectivity index (χ1) is 11.6. The van der Waals surface area contributed by atoms with Crippen molar-refractivity contribution in [3.8, 4) is 17.1 Å². The lowest BCUT2D eigenvalue weighted by Gasteiger charge is -2.33. The zero-order chi connectivity index (χ0) is 16.6. The van der Waals surface area contributed by atoms with Crippen LogP contribution in [0.2, 0.25) is 0 Å². The van der Waals surface area contributed by atoms with Gasteiger partial charge in [0.15, 0.2) is 0 Å². The molecule has 0 saturated carbocycles. The molecule has 1 aliphatic heterocycles. The highest BCUT2D eigenvalue weighted by molar-refractivity contribution is 5.63. The minimum Gasteiger partial charge on any atom is -0.473 e. The third-order valence-electron chi connectivity index (χ3n) is 4.10. The van der Waals surface area contributed by atoms with Gasteiger partial charge >= 0.3 is 0 Å². The van der Waals surface area contributed by atoms with E-state index in [-0.39, 0.29) is 5.60 Å². The summed E-state index contributed by atoms with van der Waals surface area (Å²) in [5, 5.41) is 11.8. The predicted molar refractivity (Wildman–Crippen MR) is 87.9 cm³/mol. The van der Waals surface area contributed by atoms with Crippen molar-refractivity contribution < 1.29 is 9.47 Å². The number of aryl methyl sites for hydroxylation is 1. The Morgan fingerprint density at radius 1 is 1.38 bits per heavy atom. The van der Waals surface area contributed by atoms with Crippen molar-refractivity contribution in [1.82, 2.24) is 29.7 Å². The molecule has 1 saturated heterocycles. The molecule has 3 aromatic rings. The van der Waals surface area contributed by atoms with E-state index in [0.717, 1.165) is 29.9 Å². The highest BCUT2D eigenvalue weighted by atomic mass is 16.5. The van der Waals surface area contributed by atoms with E-state index >= 15 is 0 Å². The molecule has 4 rings (SSSR count). The van der Waals surface area contributed by atoms with E-state index in [1.54, 1.807) is 21.6 Å². The quantitative estimate of drug-likeness (QED) is 0.766. The Kier molecular flexibility index (Phi) is 3.70. The lowest BCUT2D eigenvalue weighted by Crippen LogP contribution is -2.51. The van der Waals surface area contributed by atoms with Crippen LogP contribution in [-0.4, -0.2) is 56.3 Å². The third-order valence-corrected chi connectivity index (χ3v) is 4.10. The first-order valence-corrected chi connectivity index (χ1v) is 7.94. The Labute approximate surface area is 139 Å². The normalized spacial score (nSPS) is 21.2. The summed E-state index contributed by atoms with van der Waals surface area (Å²) in [5.74, 6) is 0.546. The summed E-state index contributed by atoms with van der Waals surface area (Å²) < 4.78 is 15.4. The van der Waals surface area contributed by atoms with Crippen LogP contribution < -0.4 is 10.1 Å². The molecule has 1 aliphatic rings. The molecule has 1 N–H and O–H groups in total. The maximum atomic E-state index is 6.02. The SMILES string of the molecule is Cn1cc(-c2cn3nccc3c(OC[C@@]3(C)CNCCO3)n2)cn1. The zero-order valence-corrected chi connectivity index (χ0v) is 13.8. The molecule has 0 aliphatic carbocycles. The summed E-state index contributed by atoms with van der Waals surface area (Å²) in [4.78, 5) is 4.66. The minimum atomic E-state index is -0.360. The van der Waals surface area contributed by atoms with Gasteiger partial charge in [-0.25, -0.2) is 9.50 Å². The van der Waals surface area contributed by atoms with Crippen molar-refractivity contribution in [3.63, 3.8) is 0 Å².